The summed E-state index contributed by atoms with van der Waals surface area (Å²) >= 11 is 0. The van der Waals surface area contributed by atoms with Gasteiger partial charge in [-0.3, -0.25) is 14.5 Å². The number of hydrogen-bond acceptors (Lipinski definition) is 9. The van der Waals surface area contributed by atoms with Crippen LogP contribution in [-0.2, 0) is 41.7 Å². The molecule has 5 atom stereocenters. The van der Waals surface area contributed by atoms with Crippen molar-refractivity contribution in [3.63, 3.8) is 0 Å². The molecule has 3 aromatic carbocycles. The summed E-state index contributed by atoms with van der Waals surface area (Å²) in [6.07, 6.45) is 0.140. The Kier molecular flexibility index (Phi) is 11.4. The Labute approximate surface area is 358 Å². The molecule has 0 unspecified atom stereocenters. The number of carbonyl (C=O) groups excluding carboxylic acids is 5. The number of halogens is 1. The van der Waals surface area contributed by atoms with Gasteiger partial charge < -0.3 is 39.8 Å². The minimum atomic E-state index is -1.69. The van der Waals surface area contributed by atoms with Crippen molar-refractivity contribution >= 4 is 36.1 Å². The van der Waals surface area contributed by atoms with Crippen molar-refractivity contribution in [2.75, 3.05) is 26.2 Å². The summed E-state index contributed by atoms with van der Waals surface area (Å²) in [6.45, 7) is 5.04. The molecule has 2 fully saturated rings. The van der Waals surface area contributed by atoms with E-state index in [1.54, 1.807) is 45.1 Å². The third-order valence-electron chi connectivity index (χ3n) is 12.2. The molecule has 3 aliphatic heterocycles. The first-order valence-electron chi connectivity index (χ1n) is 21.0. The molecule has 62 heavy (non-hydrogen) atoms. The van der Waals surface area contributed by atoms with Crippen LogP contribution in [0.5, 0.6) is 0 Å². The number of nitrogens with one attached hydrogen (secondary N) is 2. The van der Waals surface area contributed by atoms with Crippen LogP contribution in [-0.4, -0.2) is 111 Å². The molecule has 0 aromatic heterocycles. The minimum Gasteiger partial charge on any atom is -0.479 e. The number of carboxylic acid groups (broad SMARTS) is 1. The van der Waals surface area contributed by atoms with E-state index < -0.39 is 77.1 Å². The molecule has 16 heteroatoms. The number of alkyl carbamates (subject to hydrolysis) is 1. The lowest BCUT2D eigenvalue weighted by molar-refractivity contribution is -0.145. The van der Waals surface area contributed by atoms with Gasteiger partial charge in [0.1, 0.15) is 41.8 Å². The maximum absolute atomic E-state index is 14.6. The number of carbonyl (C=O) groups is 6. The molecule has 15 nitrogen and oxygen atoms in total. The molecule has 3 N–H and O–H groups in total. The highest BCUT2D eigenvalue weighted by atomic mass is 19.1. The molecule has 0 radical (unpaired) electrons. The van der Waals surface area contributed by atoms with Crippen LogP contribution in [0.1, 0.15) is 74.6 Å². The second-order valence-corrected chi connectivity index (χ2v) is 17.6. The molecule has 2 aliphatic carbocycles. The molecule has 3 aromatic rings. The summed E-state index contributed by atoms with van der Waals surface area (Å²) < 4.78 is 31.8. The van der Waals surface area contributed by atoms with Crippen molar-refractivity contribution in [1.82, 2.24) is 25.3 Å². The van der Waals surface area contributed by atoms with Crippen molar-refractivity contribution in [3.05, 3.63) is 107 Å². The van der Waals surface area contributed by atoms with Gasteiger partial charge in [-0.1, -0.05) is 72.8 Å². The van der Waals surface area contributed by atoms with E-state index in [1.165, 1.54) is 20.8 Å². The SMILES string of the molecule is CC(C)(C)OC(=O)N[C@H]1CCCN(C(=O)OCC2c3ccccc3-c3ccccc32)CC=C[C@@H]2C[C@@]2(C(=O)O)NC(=O)[C@@H]2C[C@@H](OC(=O)N3Cc4cccc(F)c4C3)CN2C1=O. The standard InChI is InChI=1S/C46H50FN5O10/c1-45(2,3)62-42(57)48-37-18-10-20-50(43(58)60-26-35-32-15-6-4-13-30(32)31-14-5-7-16-33(31)35)19-9-12-28-22-46(28,41(55)56)49-39(53)38-21-29(24-52(38)40(37)54)61-44(59)51-23-27-11-8-17-36(47)34(27)25-51/h4-9,11-17,28-29,35,37-38H,10,18-26H2,1-3H3,(H,48,57)(H,49,53)(H,55,56)/t28-,29-,37+,38+,46-/m1/s1. The molecular formula is C46H50FN5O10. The first-order chi connectivity index (χ1) is 29.6. The molecule has 3 heterocycles. The average Bonchev–Trinajstić information content (AvgIpc) is 3.51. The number of carboxylic acids is 1. The lowest BCUT2D eigenvalue weighted by Crippen LogP contribution is -2.56. The topological polar surface area (TPSA) is 184 Å². The van der Waals surface area contributed by atoms with E-state index in [9.17, 15) is 38.3 Å². The van der Waals surface area contributed by atoms with Crippen LogP contribution in [0.3, 0.4) is 0 Å². The van der Waals surface area contributed by atoms with E-state index in [-0.39, 0.29) is 70.9 Å². The van der Waals surface area contributed by atoms with Crippen molar-refractivity contribution in [3.8, 4) is 11.1 Å². The maximum Gasteiger partial charge on any atom is 0.410 e. The second-order valence-electron chi connectivity index (χ2n) is 17.6. The predicted molar refractivity (Wildman–Crippen MR) is 221 cm³/mol. The van der Waals surface area contributed by atoms with Gasteiger partial charge in [0.25, 0.3) is 0 Å². The number of amides is 5. The summed E-state index contributed by atoms with van der Waals surface area (Å²) in [5.41, 5.74) is 2.64. The van der Waals surface area contributed by atoms with Gasteiger partial charge in [0.15, 0.2) is 0 Å². The van der Waals surface area contributed by atoms with E-state index in [1.807, 2.05) is 48.5 Å². The summed E-state index contributed by atoms with van der Waals surface area (Å²) in [7, 11) is 0. The quantitative estimate of drug-likeness (QED) is 0.213. The monoisotopic (exact) mass is 851 g/mol. The predicted octanol–water partition coefficient (Wildman–Crippen LogP) is 5.70. The Hall–Kier alpha value is -6.45. The lowest BCUT2D eigenvalue weighted by atomic mass is 9.98. The number of nitrogens with zero attached hydrogens (tertiary/aromatic N) is 3. The zero-order valence-corrected chi connectivity index (χ0v) is 34.8. The smallest absolute Gasteiger partial charge is 0.410 e. The molecule has 0 bridgehead atoms. The highest BCUT2D eigenvalue weighted by molar-refractivity contribution is 5.96. The van der Waals surface area contributed by atoms with Crippen LogP contribution < -0.4 is 10.6 Å². The fourth-order valence-electron chi connectivity index (χ4n) is 9.06. The minimum absolute atomic E-state index is 0.00350. The van der Waals surface area contributed by atoms with E-state index in [2.05, 4.69) is 10.6 Å². The van der Waals surface area contributed by atoms with E-state index >= 15 is 0 Å². The summed E-state index contributed by atoms with van der Waals surface area (Å²) in [5.74, 6) is -4.00. The Morgan fingerprint density at radius 3 is 2.32 bits per heavy atom. The molecule has 8 rings (SSSR count). The fourth-order valence-corrected chi connectivity index (χ4v) is 9.06. The summed E-state index contributed by atoms with van der Waals surface area (Å²) in [5, 5.41) is 15.7. The Morgan fingerprint density at radius 2 is 1.65 bits per heavy atom. The number of ether oxygens (including phenoxy) is 3. The molecule has 5 aliphatic rings. The third-order valence-corrected chi connectivity index (χ3v) is 12.2. The summed E-state index contributed by atoms with van der Waals surface area (Å²) in [6, 6.07) is 18.0. The molecule has 1 saturated heterocycles. The molecule has 0 spiro atoms. The van der Waals surface area contributed by atoms with Gasteiger partial charge in [0, 0.05) is 43.5 Å². The normalized spacial score (nSPS) is 24.6. The van der Waals surface area contributed by atoms with Crippen LogP contribution in [0.2, 0.25) is 0 Å². The van der Waals surface area contributed by atoms with Gasteiger partial charge in [0.05, 0.1) is 13.1 Å². The maximum atomic E-state index is 14.6. The number of aliphatic carboxylic acids is 1. The Balaban J connectivity index is 1.03. The molecule has 1 saturated carbocycles. The van der Waals surface area contributed by atoms with Crippen LogP contribution in [0, 0.1) is 11.7 Å². The molecule has 5 amide bonds. The first kappa shape index (κ1) is 42.2. The number of fused-ring (bicyclic) bond motifs is 6. The average molecular weight is 852 g/mol. The summed E-state index contributed by atoms with van der Waals surface area (Å²) in [4.78, 5) is 86.0. The van der Waals surface area contributed by atoms with Gasteiger partial charge in [-0.25, -0.2) is 23.6 Å². The third kappa shape index (κ3) is 8.55. The van der Waals surface area contributed by atoms with Crippen molar-refractivity contribution in [1.29, 1.82) is 0 Å². The van der Waals surface area contributed by atoms with E-state index in [0.717, 1.165) is 22.3 Å². The van der Waals surface area contributed by atoms with Crippen LogP contribution in [0.4, 0.5) is 18.8 Å². The highest BCUT2D eigenvalue weighted by Crippen LogP contribution is 2.46. The number of benzene rings is 3. The highest BCUT2D eigenvalue weighted by Gasteiger charge is 2.61. The Morgan fingerprint density at radius 1 is 0.935 bits per heavy atom. The van der Waals surface area contributed by atoms with Crippen molar-refractivity contribution in [2.45, 2.75) is 94.8 Å². The number of rotatable bonds is 5. The van der Waals surface area contributed by atoms with Crippen molar-refractivity contribution in [2.24, 2.45) is 5.92 Å². The Bertz CT molecular complexity index is 2280. The van der Waals surface area contributed by atoms with Gasteiger partial charge in [0.2, 0.25) is 11.8 Å². The largest absolute Gasteiger partial charge is 0.479 e. The van der Waals surface area contributed by atoms with E-state index in [4.69, 9.17) is 14.2 Å². The first-order valence-corrected chi connectivity index (χ1v) is 21.0. The zero-order chi connectivity index (χ0) is 43.9. The zero-order valence-electron chi connectivity index (χ0n) is 34.8. The van der Waals surface area contributed by atoms with Gasteiger partial charge in [-0.2, -0.15) is 0 Å². The van der Waals surface area contributed by atoms with Crippen molar-refractivity contribution < 1.29 is 52.5 Å². The van der Waals surface area contributed by atoms with Gasteiger partial charge in [-0.15, -0.1) is 0 Å². The van der Waals surface area contributed by atoms with E-state index in [0.29, 0.717) is 11.1 Å². The number of hydrogen-bond donors (Lipinski definition) is 3. The van der Waals surface area contributed by atoms with Crippen LogP contribution in [0.15, 0.2) is 78.9 Å². The fraction of sp³-hybridized carbons (Fsp3) is 0.435. The molecular weight excluding hydrogens is 802 g/mol. The lowest BCUT2D eigenvalue weighted by Gasteiger charge is -2.30. The van der Waals surface area contributed by atoms with Gasteiger partial charge >= 0.3 is 24.2 Å². The second kappa shape index (κ2) is 16.8. The molecule has 326 valence electrons. The van der Waals surface area contributed by atoms with Crippen LogP contribution >= 0.6 is 0 Å². The van der Waals surface area contributed by atoms with Gasteiger partial charge in [-0.05, 0) is 73.9 Å². The van der Waals surface area contributed by atoms with Crippen LogP contribution in [0.25, 0.3) is 11.1 Å².